The normalized spacial score (nSPS) is 12.4. The molecular formula is C21H19N5O4S. The third-order valence-electron chi connectivity index (χ3n) is 4.82. The number of thiazole rings is 1. The van der Waals surface area contributed by atoms with E-state index in [4.69, 9.17) is 10.5 Å². The number of urea groups is 1. The second kappa shape index (κ2) is 8.44. The number of methoxy groups -OCH3 is 1. The average molecular weight is 437 g/mol. The second-order valence-corrected chi connectivity index (χ2v) is 7.68. The maximum absolute atomic E-state index is 12.5. The molecule has 0 bridgehead atoms. The van der Waals surface area contributed by atoms with Gasteiger partial charge < -0.3 is 20.7 Å². The van der Waals surface area contributed by atoms with E-state index in [0.717, 1.165) is 16.8 Å². The van der Waals surface area contributed by atoms with E-state index in [1.165, 1.54) is 23.3 Å². The number of carbonyl (C=O) groups excluding carboxylic acids is 3. The quantitative estimate of drug-likeness (QED) is 0.563. The summed E-state index contributed by atoms with van der Waals surface area (Å²) in [7, 11) is 1.53. The van der Waals surface area contributed by atoms with Crippen LogP contribution in [-0.2, 0) is 6.54 Å². The van der Waals surface area contributed by atoms with Gasteiger partial charge in [-0.15, -0.1) is 11.3 Å². The second-order valence-electron chi connectivity index (χ2n) is 6.79. The molecule has 3 aromatic rings. The Bertz CT molecular complexity index is 1160. The summed E-state index contributed by atoms with van der Waals surface area (Å²) in [5.74, 6) is -0.170. The van der Waals surface area contributed by atoms with Crippen molar-refractivity contribution in [3.63, 3.8) is 0 Å². The van der Waals surface area contributed by atoms with Crippen molar-refractivity contribution in [2.45, 2.75) is 6.54 Å². The highest BCUT2D eigenvalue weighted by Gasteiger charge is 2.28. The van der Waals surface area contributed by atoms with Crippen LogP contribution in [0.3, 0.4) is 0 Å². The van der Waals surface area contributed by atoms with Crippen molar-refractivity contribution in [3.8, 4) is 17.0 Å². The first kappa shape index (κ1) is 20.4. The minimum atomic E-state index is -0.692. The fourth-order valence-electron chi connectivity index (χ4n) is 3.19. The lowest BCUT2D eigenvalue weighted by atomic mass is 10.1. The lowest BCUT2D eigenvalue weighted by Crippen LogP contribution is -2.44. The van der Waals surface area contributed by atoms with Crippen LogP contribution in [0, 0.1) is 0 Å². The number of nitrogens with one attached hydrogen (secondary N) is 2. The van der Waals surface area contributed by atoms with E-state index < -0.39 is 11.9 Å². The van der Waals surface area contributed by atoms with Gasteiger partial charge in [0.1, 0.15) is 5.75 Å². The summed E-state index contributed by atoms with van der Waals surface area (Å²) in [4.78, 5) is 42.6. The summed E-state index contributed by atoms with van der Waals surface area (Å²) in [6.07, 6.45) is 0. The van der Waals surface area contributed by atoms with E-state index >= 15 is 0 Å². The van der Waals surface area contributed by atoms with Gasteiger partial charge in [-0.2, -0.15) is 0 Å². The van der Waals surface area contributed by atoms with E-state index in [2.05, 4.69) is 15.6 Å². The highest BCUT2D eigenvalue weighted by atomic mass is 32.1. The van der Waals surface area contributed by atoms with E-state index in [1.807, 2.05) is 11.4 Å². The number of imide groups is 1. The summed E-state index contributed by atoms with van der Waals surface area (Å²) >= 11 is 1.33. The van der Waals surface area contributed by atoms with Crippen LogP contribution in [0.25, 0.3) is 11.3 Å². The highest BCUT2D eigenvalue weighted by Crippen LogP contribution is 2.26. The molecule has 4 rings (SSSR count). The lowest BCUT2D eigenvalue weighted by Gasteiger charge is -2.16. The minimum Gasteiger partial charge on any atom is -0.497 e. The summed E-state index contributed by atoms with van der Waals surface area (Å²) in [5.41, 5.74) is 8.89. The number of hydrogen-bond acceptors (Lipinski definition) is 7. The first-order valence-electron chi connectivity index (χ1n) is 9.31. The van der Waals surface area contributed by atoms with Gasteiger partial charge in [0.15, 0.2) is 5.13 Å². The van der Waals surface area contributed by atoms with Crippen molar-refractivity contribution >= 4 is 34.3 Å². The Labute approximate surface area is 181 Å². The molecule has 2 aromatic carbocycles. The number of aromatic nitrogens is 1. The number of amides is 4. The van der Waals surface area contributed by atoms with Crippen LogP contribution < -0.4 is 21.1 Å². The monoisotopic (exact) mass is 437 g/mol. The van der Waals surface area contributed by atoms with Crippen LogP contribution in [-0.4, -0.2) is 41.5 Å². The van der Waals surface area contributed by atoms with Gasteiger partial charge in [0, 0.05) is 28.6 Å². The third kappa shape index (κ3) is 4.33. The predicted molar refractivity (Wildman–Crippen MR) is 116 cm³/mol. The number of ether oxygens (including phenoxy) is 1. The molecular weight excluding hydrogens is 418 g/mol. The number of fused-ring (bicyclic) bond motifs is 1. The van der Waals surface area contributed by atoms with E-state index in [0.29, 0.717) is 28.6 Å². The first-order valence-corrected chi connectivity index (χ1v) is 10.2. The van der Waals surface area contributed by atoms with Crippen molar-refractivity contribution in [3.05, 3.63) is 64.5 Å². The zero-order valence-corrected chi connectivity index (χ0v) is 17.4. The molecule has 0 unspecified atom stereocenters. The fourth-order valence-corrected chi connectivity index (χ4v) is 3.77. The van der Waals surface area contributed by atoms with Crippen molar-refractivity contribution in [2.75, 3.05) is 19.5 Å². The number of carbonyl (C=O) groups is 3. The molecule has 0 saturated carbocycles. The maximum Gasteiger partial charge on any atom is 0.323 e. The number of benzene rings is 2. The topological polar surface area (TPSA) is 127 Å². The van der Waals surface area contributed by atoms with Crippen LogP contribution in [0.4, 0.5) is 9.93 Å². The van der Waals surface area contributed by atoms with Crippen LogP contribution in [0.1, 0.15) is 26.3 Å². The van der Waals surface area contributed by atoms with Crippen LogP contribution in [0.15, 0.2) is 47.8 Å². The zero-order valence-electron chi connectivity index (χ0n) is 16.5. The molecule has 1 aliphatic heterocycles. The van der Waals surface area contributed by atoms with Crippen molar-refractivity contribution < 1.29 is 19.1 Å². The van der Waals surface area contributed by atoms with E-state index in [1.54, 1.807) is 36.4 Å². The molecule has 0 saturated heterocycles. The number of anilines is 1. The minimum absolute atomic E-state index is 0.0286. The Morgan fingerprint density at radius 1 is 1.23 bits per heavy atom. The molecule has 2 heterocycles. The molecule has 158 valence electrons. The number of nitrogen functional groups attached to an aromatic ring is 1. The Hall–Kier alpha value is -3.92. The Balaban J connectivity index is 1.31. The fraction of sp³-hybridized carbons (Fsp3) is 0.143. The molecule has 0 radical (unpaired) electrons. The number of hydrogen-bond donors (Lipinski definition) is 3. The smallest absolute Gasteiger partial charge is 0.323 e. The molecule has 0 aliphatic carbocycles. The molecule has 0 atom stereocenters. The summed E-state index contributed by atoms with van der Waals surface area (Å²) < 4.78 is 5.14. The van der Waals surface area contributed by atoms with E-state index in [-0.39, 0.29) is 12.6 Å². The molecule has 10 heteroatoms. The molecule has 9 nitrogen and oxygen atoms in total. The SMILES string of the molecule is COc1ccc2c(c1)C(=O)N(CNC(=O)NC(=O)c1ccc(-c3csc(N)n3)cc1)C2. The largest absolute Gasteiger partial charge is 0.497 e. The lowest BCUT2D eigenvalue weighted by molar-refractivity contribution is 0.0770. The van der Waals surface area contributed by atoms with Gasteiger partial charge in [-0.3, -0.25) is 14.9 Å². The summed E-state index contributed by atoms with van der Waals surface area (Å²) in [6.45, 7) is 0.341. The van der Waals surface area contributed by atoms with Gasteiger partial charge in [0.2, 0.25) is 0 Å². The number of nitrogens with zero attached hydrogens (tertiary/aromatic N) is 2. The summed E-state index contributed by atoms with van der Waals surface area (Å²) in [5, 5.41) is 7.09. The first-order chi connectivity index (χ1) is 14.9. The molecule has 1 aliphatic rings. The highest BCUT2D eigenvalue weighted by molar-refractivity contribution is 7.13. The predicted octanol–water partition coefficient (Wildman–Crippen LogP) is 2.45. The van der Waals surface area contributed by atoms with Crippen LogP contribution in [0.5, 0.6) is 5.75 Å². The van der Waals surface area contributed by atoms with Crippen molar-refractivity contribution in [2.24, 2.45) is 0 Å². The molecule has 4 amide bonds. The van der Waals surface area contributed by atoms with Crippen LogP contribution in [0.2, 0.25) is 0 Å². The standard InChI is InChI=1S/C21H19N5O4S/c1-30-15-7-6-14-9-26(19(28)16(14)8-15)11-23-21(29)25-18(27)13-4-2-12(3-5-13)17-10-31-20(22)24-17/h2-8,10H,9,11H2,1H3,(H2,22,24)(H2,23,25,27,29). The van der Waals surface area contributed by atoms with Gasteiger partial charge in [-0.25, -0.2) is 9.78 Å². The molecule has 4 N–H and O–H groups in total. The van der Waals surface area contributed by atoms with Gasteiger partial charge in [0.05, 0.1) is 19.5 Å². The molecule has 0 spiro atoms. The Morgan fingerprint density at radius 2 is 2.00 bits per heavy atom. The Kier molecular flexibility index (Phi) is 5.54. The average Bonchev–Trinajstić information content (AvgIpc) is 3.35. The summed E-state index contributed by atoms with van der Waals surface area (Å²) in [6, 6.07) is 11.2. The van der Waals surface area contributed by atoms with Crippen molar-refractivity contribution in [1.82, 2.24) is 20.5 Å². The Morgan fingerprint density at radius 3 is 2.68 bits per heavy atom. The number of nitrogens with two attached hydrogens (primary N) is 1. The van der Waals surface area contributed by atoms with Gasteiger partial charge >= 0.3 is 6.03 Å². The molecule has 1 aromatic heterocycles. The van der Waals surface area contributed by atoms with Gasteiger partial charge in [0.25, 0.3) is 11.8 Å². The third-order valence-corrected chi connectivity index (χ3v) is 5.49. The van der Waals surface area contributed by atoms with Gasteiger partial charge in [-0.05, 0) is 29.8 Å². The van der Waals surface area contributed by atoms with Gasteiger partial charge in [-0.1, -0.05) is 18.2 Å². The molecule has 31 heavy (non-hydrogen) atoms. The van der Waals surface area contributed by atoms with Crippen molar-refractivity contribution in [1.29, 1.82) is 0 Å². The zero-order chi connectivity index (χ0) is 22.0. The maximum atomic E-state index is 12.5. The van der Waals surface area contributed by atoms with Crippen LogP contribution >= 0.6 is 11.3 Å². The van der Waals surface area contributed by atoms with E-state index in [9.17, 15) is 14.4 Å². The number of rotatable bonds is 5. The molecule has 0 fully saturated rings.